The van der Waals surface area contributed by atoms with Gasteiger partial charge in [0.2, 0.25) is 5.88 Å². The van der Waals surface area contributed by atoms with Crippen LogP contribution in [0.25, 0.3) is 0 Å². The van der Waals surface area contributed by atoms with Gasteiger partial charge in [-0.25, -0.2) is 9.78 Å². The van der Waals surface area contributed by atoms with Gasteiger partial charge in [-0.2, -0.15) is 0 Å². The topological polar surface area (TPSA) is 57.7 Å². The van der Waals surface area contributed by atoms with Crippen molar-refractivity contribution in [1.82, 2.24) is 14.8 Å². The molecule has 0 atom stereocenters. The fourth-order valence-corrected chi connectivity index (χ4v) is 1.90. The number of aryl methyl sites for hydroxylation is 1. The highest BCUT2D eigenvalue weighted by Gasteiger charge is 2.18. The number of aromatic nitrogens is 1. The summed E-state index contributed by atoms with van der Waals surface area (Å²) >= 11 is 0. The third-order valence-corrected chi connectivity index (χ3v) is 3.10. The first kappa shape index (κ1) is 17.2. The number of nitrogens with zero attached hydrogens (tertiary/aromatic N) is 3. The maximum atomic E-state index is 12.5. The SMILES string of the molecule is COc1ncc(C)cc1NC(=O)N(CCN(C)C)C(C)C. The summed E-state index contributed by atoms with van der Waals surface area (Å²) in [7, 11) is 5.52. The van der Waals surface area contributed by atoms with Crippen LogP contribution in [0.3, 0.4) is 0 Å². The molecule has 0 radical (unpaired) electrons. The molecule has 2 amide bonds. The third kappa shape index (κ3) is 5.23. The summed E-state index contributed by atoms with van der Waals surface area (Å²) in [5.41, 5.74) is 1.56. The fourth-order valence-electron chi connectivity index (χ4n) is 1.90. The van der Waals surface area contributed by atoms with E-state index < -0.39 is 0 Å². The van der Waals surface area contributed by atoms with Crippen LogP contribution in [-0.2, 0) is 0 Å². The molecule has 0 bridgehead atoms. The number of pyridine rings is 1. The first-order valence-corrected chi connectivity index (χ1v) is 7.08. The van der Waals surface area contributed by atoms with Gasteiger partial charge in [0.1, 0.15) is 5.69 Å². The summed E-state index contributed by atoms with van der Waals surface area (Å²) in [6, 6.07) is 1.83. The number of likely N-dealkylation sites (N-methyl/N-ethyl adjacent to an activating group) is 1. The number of ether oxygens (including phenoxy) is 1. The number of carbonyl (C=O) groups is 1. The summed E-state index contributed by atoms with van der Waals surface area (Å²) in [5.74, 6) is 0.422. The molecular formula is C15H26N4O2. The second-order valence-corrected chi connectivity index (χ2v) is 5.59. The highest BCUT2D eigenvalue weighted by Crippen LogP contribution is 2.22. The van der Waals surface area contributed by atoms with Gasteiger partial charge in [-0.1, -0.05) is 0 Å². The van der Waals surface area contributed by atoms with Crippen LogP contribution < -0.4 is 10.1 Å². The zero-order valence-corrected chi connectivity index (χ0v) is 13.8. The maximum absolute atomic E-state index is 12.5. The predicted molar refractivity (Wildman–Crippen MR) is 84.9 cm³/mol. The fraction of sp³-hybridized carbons (Fsp3) is 0.600. The van der Waals surface area contributed by atoms with Crippen molar-refractivity contribution in [1.29, 1.82) is 0 Å². The summed E-state index contributed by atoms with van der Waals surface area (Å²) in [6.07, 6.45) is 1.71. The molecule has 0 saturated heterocycles. The van der Waals surface area contributed by atoms with Gasteiger partial charge >= 0.3 is 6.03 Å². The minimum atomic E-state index is -0.141. The minimum Gasteiger partial charge on any atom is -0.480 e. The molecule has 6 heteroatoms. The summed E-state index contributed by atoms with van der Waals surface area (Å²) in [4.78, 5) is 20.5. The van der Waals surface area contributed by atoms with Gasteiger partial charge in [0, 0.05) is 25.3 Å². The molecule has 0 aromatic carbocycles. The van der Waals surface area contributed by atoms with Crippen molar-refractivity contribution >= 4 is 11.7 Å². The van der Waals surface area contributed by atoms with Crippen LogP contribution in [0.15, 0.2) is 12.3 Å². The Labute approximate surface area is 127 Å². The quantitative estimate of drug-likeness (QED) is 0.874. The zero-order valence-electron chi connectivity index (χ0n) is 13.8. The molecule has 21 heavy (non-hydrogen) atoms. The van der Waals surface area contributed by atoms with E-state index in [1.54, 1.807) is 18.2 Å². The van der Waals surface area contributed by atoms with Gasteiger partial charge in [0.25, 0.3) is 0 Å². The first-order chi connectivity index (χ1) is 9.85. The van der Waals surface area contributed by atoms with E-state index in [-0.39, 0.29) is 12.1 Å². The Balaban J connectivity index is 2.83. The molecular weight excluding hydrogens is 268 g/mol. The molecule has 1 N–H and O–H groups in total. The minimum absolute atomic E-state index is 0.119. The number of urea groups is 1. The highest BCUT2D eigenvalue weighted by molar-refractivity contribution is 5.90. The smallest absolute Gasteiger partial charge is 0.322 e. The monoisotopic (exact) mass is 294 g/mol. The van der Waals surface area contributed by atoms with E-state index in [1.807, 2.05) is 40.9 Å². The van der Waals surface area contributed by atoms with E-state index in [1.165, 1.54) is 0 Å². The standard InChI is InChI=1S/C15H26N4O2/c1-11(2)19(8-7-18(4)5)15(20)17-13-9-12(3)10-16-14(13)21-6/h9-11H,7-8H2,1-6H3,(H,17,20). The van der Waals surface area contributed by atoms with Gasteiger partial charge in [-0.15, -0.1) is 0 Å². The third-order valence-electron chi connectivity index (χ3n) is 3.10. The molecule has 0 aliphatic rings. The second-order valence-electron chi connectivity index (χ2n) is 5.59. The van der Waals surface area contributed by atoms with E-state index >= 15 is 0 Å². The molecule has 118 valence electrons. The Morgan fingerprint density at radius 3 is 2.57 bits per heavy atom. The van der Waals surface area contributed by atoms with Gasteiger partial charge in [-0.3, -0.25) is 0 Å². The Morgan fingerprint density at radius 2 is 2.05 bits per heavy atom. The lowest BCUT2D eigenvalue weighted by Gasteiger charge is -2.28. The molecule has 0 fully saturated rings. The lowest BCUT2D eigenvalue weighted by atomic mass is 10.3. The number of hydrogen-bond acceptors (Lipinski definition) is 4. The normalized spacial score (nSPS) is 10.9. The number of rotatable bonds is 6. The molecule has 1 heterocycles. The van der Waals surface area contributed by atoms with Crippen molar-refractivity contribution in [2.45, 2.75) is 26.8 Å². The number of anilines is 1. The van der Waals surface area contributed by atoms with Crippen molar-refractivity contribution in [2.75, 3.05) is 39.6 Å². The molecule has 1 aromatic rings. The Hall–Kier alpha value is -1.82. The van der Waals surface area contributed by atoms with Crippen LogP contribution in [0, 0.1) is 6.92 Å². The number of nitrogens with one attached hydrogen (secondary N) is 1. The van der Waals surface area contributed by atoms with E-state index in [0.29, 0.717) is 18.1 Å². The molecule has 0 aliphatic carbocycles. The maximum Gasteiger partial charge on any atom is 0.322 e. The van der Waals surface area contributed by atoms with Crippen LogP contribution in [0.1, 0.15) is 19.4 Å². The largest absolute Gasteiger partial charge is 0.480 e. The summed E-state index contributed by atoms with van der Waals surface area (Å²) in [6.45, 7) is 7.41. The zero-order chi connectivity index (χ0) is 16.0. The summed E-state index contributed by atoms with van der Waals surface area (Å²) in [5, 5.41) is 2.89. The molecule has 1 aromatic heterocycles. The summed E-state index contributed by atoms with van der Waals surface area (Å²) < 4.78 is 5.19. The van der Waals surface area contributed by atoms with E-state index in [4.69, 9.17) is 4.74 Å². The number of carbonyl (C=O) groups excluding carboxylic acids is 1. The van der Waals surface area contributed by atoms with Crippen molar-refractivity contribution in [3.05, 3.63) is 17.8 Å². The first-order valence-electron chi connectivity index (χ1n) is 7.08. The number of methoxy groups -OCH3 is 1. The van der Waals surface area contributed by atoms with Gasteiger partial charge in [0.15, 0.2) is 0 Å². The van der Waals surface area contributed by atoms with Crippen molar-refractivity contribution in [3.8, 4) is 5.88 Å². The van der Waals surface area contributed by atoms with E-state index in [0.717, 1.165) is 12.1 Å². The predicted octanol–water partition coefficient (Wildman–Crippen LogP) is 2.20. The van der Waals surface area contributed by atoms with E-state index in [9.17, 15) is 4.79 Å². The molecule has 0 spiro atoms. The van der Waals surface area contributed by atoms with Gasteiger partial charge in [-0.05, 0) is 46.5 Å². The van der Waals surface area contributed by atoms with Crippen LogP contribution in [0.2, 0.25) is 0 Å². The Kier molecular flexibility index (Phi) is 6.42. The molecule has 0 unspecified atom stereocenters. The lowest BCUT2D eigenvalue weighted by molar-refractivity contribution is 0.189. The van der Waals surface area contributed by atoms with Gasteiger partial charge < -0.3 is 19.9 Å². The average molecular weight is 294 g/mol. The van der Waals surface area contributed by atoms with Crippen LogP contribution in [0.5, 0.6) is 5.88 Å². The van der Waals surface area contributed by atoms with Crippen LogP contribution in [0.4, 0.5) is 10.5 Å². The molecule has 1 rings (SSSR count). The number of amides is 2. The average Bonchev–Trinajstić information content (AvgIpc) is 2.38. The molecule has 0 saturated carbocycles. The van der Waals surface area contributed by atoms with Crippen LogP contribution in [-0.4, -0.2) is 61.2 Å². The number of hydrogen-bond donors (Lipinski definition) is 1. The van der Waals surface area contributed by atoms with Crippen molar-refractivity contribution in [3.63, 3.8) is 0 Å². The molecule has 0 aliphatic heterocycles. The van der Waals surface area contributed by atoms with Crippen LogP contribution >= 0.6 is 0 Å². The van der Waals surface area contributed by atoms with Crippen molar-refractivity contribution < 1.29 is 9.53 Å². The van der Waals surface area contributed by atoms with Crippen molar-refractivity contribution in [2.24, 2.45) is 0 Å². The van der Waals surface area contributed by atoms with Gasteiger partial charge in [0.05, 0.1) is 7.11 Å². The Morgan fingerprint density at radius 1 is 1.38 bits per heavy atom. The van der Waals surface area contributed by atoms with E-state index in [2.05, 4.69) is 15.2 Å². The molecule has 6 nitrogen and oxygen atoms in total. The highest BCUT2D eigenvalue weighted by atomic mass is 16.5. The second kappa shape index (κ2) is 7.83. The Bertz CT molecular complexity index is 475. The lowest BCUT2D eigenvalue weighted by Crippen LogP contribution is -2.43.